The van der Waals surface area contributed by atoms with E-state index in [0.29, 0.717) is 0 Å². The van der Waals surface area contributed by atoms with Gasteiger partial charge in [0.05, 0.1) is 0 Å². The molecule has 4 nitrogen and oxygen atoms in total. The fourth-order valence-corrected chi connectivity index (χ4v) is 3.54. The molecule has 0 aromatic rings. The molecule has 0 aromatic heterocycles. The van der Waals surface area contributed by atoms with Crippen molar-refractivity contribution in [1.29, 1.82) is 0 Å². The van der Waals surface area contributed by atoms with Gasteiger partial charge < -0.3 is 0 Å². The van der Waals surface area contributed by atoms with Gasteiger partial charge in [-0.2, -0.15) is 0 Å². The third-order valence-corrected chi connectivity index (χ3v) is 4.61. The maximum Gasteiger partial charge on any atom is 0.289 e. The molecular weight excluding hydrogens is 271 g/mol. The minimum Gasteiger partial charge on any atom is -0.275 e. The van der Waals surface area contributed by atoms with Crippen molar-refractivity contribution in [3.05, 3.63) is 0 Å². The van der Waals surface area contributed by atoms with E-state index in [1.807, 2.05) is 0 Å². The van der Waals surface area contributed by atoms with Gasteiger partial charge >= 0.3 is 0 Å². The van der Waals surface area contributed by atoms with Gasteiger partial charge in [0.1, 0.15) is 0 Å². The molecule has 0 unspecified atom stereocenters. The molecule has 0 amide bonds. The van der Waals surface area contributed by atoms with E-state index in [1.54, 1.807) is 0 Å². The lowest BCUT2D eigenvalue weighted by molar-refractivity contribution is -0.127. The summed E-state index contributed by atoms with van der Waals surface area (Å²) >= 11 is 0. The van der Waals surface area contributed by atoms with Crippen molar-refractivity contribution >= 4 is 48.2 Å². The van der Waals surface area contributed by atoms with E-state index in [9.17, 15) is 18.0 Å². The highest BCUT2D eigenvalue weighted by atomic mass is 35.7. The summed E-state index contributed by atoms with van der Waals surface area (Å²) in [6.45, 7) is 0. The molecule has 0 aliphatic carbocycles. The van der Waals surface area contributed by atoms with Gasteiger partial charge in [0.25, 0.3) is 10.2 Å². The van der Waals surface area contributed by atoms with E-state index in [-0.39, 0.29) is 0 Å². The molecule has 0 rings (SSSR count). The van der Waals surface area contributed by atoms with E-state index < -0.39 is 26.8 Å². The Morgan fingerprint density at radius 1 is 0.786 bits per heavy atom. The average Bonchev–Trinajstić information content (AvgIpc) is 1.76. The summed E-state index contributed by atoms with van der Waals surface area (Å²) in [5.41, 5.74) is 0. The molecule has 0 spiro atoms. The second-order valence-corrected chi connectivity index (χ2v) is 16.8. The molecule has 86 valence electrons. The molecule has 0 saturated carbocycles. The molecule has 0 fully saturated rings. The van der Waals surface area contributed by atoms with Crippen LogP contribution in [-0.4, -0.2) is 43.7 Å². The third-order valence-electron chi connectivity index (χ3n) is 1.20. The van der Waals surface area contributed by atoms with Gasteiger partial charge in [-0.15, -0.1) is 0 Å². The second-order valence-electron chi connectivity index (χ2n) is 3.94. The number of halogens is 2. The Bertz CT molecular complexity index is 375. The van der Waals surface area contributed by atoms with Gasteiger partial charge in [-0.1, -0.05) is 0 Å². The van der Waals surface area contributed by atoms with Gasteiger partial charge in [-0.3, -0.25) is 18.0 Å². The average molecular weight is 283 g/mol. The molecule has 14 heavy (non-hydrogen) atoms. The van der Waals surface area contributed by atoms with Gasteiger partial charge in [0.2, 0.25) is 0 Å². The molecule has 0 bridgehead atoms. The molecule has 8 heteroatoms. The van der Waals surface area contributed by atoms with Crippen LogP contribution in [0.25, 0.3) is 0 Å². The topological polar surface area (TPSA) is 68.3 Å². The van der Waals surface area contributed by atoms with Crippen LogP contribution in [0.15, 0.2) is 0 Å². The molecule has 0 radical (unpaired) electrons. The molecule has 0 aliphatic heterocycles. The van der Waals surface area contributed by atoms with Crippen LogP contribution >= 0.6 is 21.4 Å². The zero-order chi connectivity index (χ0) is 12.0. The normalized spacial score (nSPS) is 18.7. The lowest BCUT2D eigenvalue weighted by atomic mass is 10.9. The van der Waals surface area contributed by atoms with E-state index >= 15 is 0 Å². The number of rotatable bonds is 0. The fourth-order valence-electron chi connectivity index (χ4n) is 0.464. The SMILES string of the molecule is CS(C)(=O)(Cl)C(=O)C(=O)S(C)(C)(=O)Cl. The maximum absolute atomic E-state index is 11.5. The molecule has 0 aromatic carbocycles. The van der Waals surface area contributed by atoms with Crippen LogP contribution in [0.4, 0.5) is 0 Å². The summed E-state index contributed by atoms with van der Waals surface area (Å²) in [6.07, 6.45) is 3.70. The first-order valence-electron chi connectivity index (χ1n) is 3.34. The highest BCUT2D eigenvalue weighted by Gasteiger charge is 2.46. The molecular formula is C6H12Cl2O4S2. The monoisotopic (exact) mass is 282 g/mol. The second kappa shape index (κ2) is 2.87. The standard InChI is InChI=1S/C6H12Cl2O4S2/c1-13(2,7,11)5(9)6(10)14(3,4,8)12/h1-4H3. The molecule has 0 aliphatic rings. The minimum absolute atomic E-state index is 0.925. The van der Waals surface area contributed by atoms with Gasteiger partial charge in [-0.05, 0) is 21.4 Å². The van der Waals surface area contributed by atoms with E-state index in [0.717, 1.165) is 25.0 Å². The van der Waals surface area contributed by atoms with Crippen molar-refractivity contribution in [1.82, 2.24) is 0 Å². The Morgan fingerprint density at radius 2 is 0.929 bits per heavy atom. The smallest absolute Gasteiger partial charge is 0.275 e. The molecule has 0 N–H and O–H groups in total. The quantitative estimate of drug-likeness (QED) is 0.480. The van der Waals surface area contributed by atoms with Crippen molar-refractivity contribution < 1.29 is 18.0 Å². The van der Waals surface area contributed by atoms with Crippen LogP contribution in [0.3, 0.4) is 0 Å². The first-order valence-corrected chi connectivity index (χ1v) is 10.6. The Kier molecular flexibility index (Phi) is 2.92. The Balaban J connectivity index is 5.50. The predicted octanol–water partition coefficient (Wildman–Crippen LogP) is 0.507. The summed E-state index contributed by atoms with van der Waals surface area (Å²) in [5, 5.41) is -2.78. The summed E-state index contributed by atoms with van der Waals surface area (Å²) in [6, 6.07) is 0. The van der Waals surface area contributed by atoms with Crippen molar-refractivity contribution in [2.75, 3.05) is 25.0 Å². The first-order chi connectivity index (χ1) is 5.58. The fraction of sp³-hybridized carbons (Fsp3) is 0.667. The van der Waals surface area contributed by atoms with Gasteiger partial charge in [0, 0.05) is 41.6 Å². The van der Waals surface area contributed by atoms with Crippen molar-refractivity contribution in [2.24, 2.45) is 0 Å². The number of carbonyl (C=O) groups excluding carboxylic acids is 2. The summed E-state index contributed by atoms with van der Waals surface area (Å²) < 4.78 is 23.1. The van der Waals surface area contributed by atoms with Crippen LogP contribution in [0.5, 0.6) is 0 Å². The molecule has 0 atom stereocenters. The van der Waals surface area contributed by atoms with Crippen LogP contribution in [-0.2, 0) is 26.1 Å². The summed E-state index contributed by atoms with van der Waals surface area (Å²) in [5.74, 6) is 0. The maximum atomic E-state index is 11.5. The lowest BCUT2D eigenvalue weighted by Gasteiger charge is -2.28. The Labute approximate surface area is 91.1 Å². The molecule has 0 saturated heterocycles. The number of carbonyl (C=O) groups is 2. The Morgan fingerprint density at radius 3 is 1.00 bits per heavy atom. The van der Waals surface area contributed by atoms with Crippen molar-refractivity contribution in [3.63, 3.8) is 0 Å². The zero-order valence-corrected chi connectivity index (χ0v) is 11.4. The van der Waals surface area contributed by atoms with Crippen LogP contribution in [0.1, 0.15) is 0 Å². The van der Waals surface area contributed by atoms with E-state index in [2.05, 4.69) is 0 Å². The van der Waals surface area contributed by atoms with Crippen molar-refractivity contribution in [3.8, 4) is 0 Å². The predicted molar refractivity (Wildman–Crippen MR) is 61.7 cm³/mol. The van der Waals surface area contributed by atoms with Crippen LogP contribution < -0.4 is 0 Å². The zero-order valence-electron chi connectivity index (χ0n) is 8.21. The van der Waals surface area contributed by atoms with E-state index in [4.69, 9.17) is 21.4 Å². The minimum atomic E-state index is -4.22. The van der Waals surface area contributed by atoms with E-state index in [1.165, 1.54) is 0 Å². The summed E-state index contributed by atoms with van der Waals surface area (Å²) in [7, 11) is 2.36. The van der Waals surface area contributed by atoms with Crippen LogP contribution in [0.2, 0.25) is 0 Å². The van der Waals surface area contributed by atoms with Crippen LogP contribution in [0, 0.1) is 0 Å². The third kappa shape index (κ3) is 3.76. The Hall–Kier alpha value is 0.220. The summed E-state index contributed by atoms with van der Waals surface area (Å²) in [4.78, 5) is 22.7. The lowest BCUT2D eigenvalue weighted by Crippen LogP contribution is -2.46. The highest BCUT2D eigenvalue weighted by molar-refractivity contribution is 8.55. The number of hydrogen-bond acceptors (Lipinski definition) is 4. The number of hydrogen-bond donors (Lipinski definition) is 0. The molecule has 0 heterocycles. The largest absolute Gasteiger partial charge is 0.289 e. The van der Waals surface area contributed by atoms with Gasteiger partial charge in [-0.25, -0.2) is 0 Å². The highest BCUT2D eigenvalue weighted by Crippen LogP contribution is 2.32. The first kappa shape index (κ1) is 14.2. The van der Waals surface area contributed by atoms with Gasteiger partial charge in [0.15, 0.2) is 0 Å². The van der Waals surface area contributed by atoms with Crippen molar-refractivity contribution in [2.45, 2.75) is 0 Å².